The molecule has 0 bridgehead atoms. The van der Waals surface area contributed by atoms with Gasteiger partial charge in [-0.2, -0.15) is 0 Å². The summed E-state index contributed by atoms with van der Waals surface area (Å²) in [5, 5.41) is 0. The van der Waals surface area contributed by atoms with Crippen molar-refractivity contribution in [1.82, 2.24) is 0 Å². The topological polar surface area (TPSA) is 18.5 Å². The highest BCUT2D eigenvalue weighted by atomic mass is 35.5. The molecule has 0 atom stereocenters. The summed E-state index contributed by atoms with van der Waals surface area (Å²) >= 11 is 5.40. The van der Waals surface area contributed by atoms with E-state index in [9.17, 15) is 0 Å². The Labute approximate surface area is 72.4 Å². The molecule has 0 unspecified atom stereocenters. The molecule has 3 heteroatoms. The van der Waals surface area contributed by atoms with Crippen molar-refractivity contribution in [3.8, 4) is 0 Å². The van der Waals surface area contributed by atoms with Gasteiger partial charge in [-0.15, -0.1) is 11.6 Å². The minimum Gasteiger partial charge on any atom is -0.352 e. The van der Waals surface area contributed by atoms with E-state index in [-0.39, 0.29) is 6.29 Å². The molecule has 0 heterocycles. The van der Waals surface area contributed by atoms with Gasteiger partial charge in [-0.25, -0.2) is 0 Å². The van der Waals surface area contributed by atoms with Gasteiger partial charge in [-0.3, -0.25) is 0 Å². The number of allylic oxidation sites excluding steroid dienone is 3. The summed E-state index contributed by atoms with van der Waals surface area (Å²) in [6, 6.07) is 0. The normalized spacial score (nSPS) is 12.4. The summed E-state index contributed by atoms with van der Waals surface area (Å²) in [5.41, 5.74) is 0. The number of hydrogen-bond acceptors (Lipinski definition) is 2. The first-order valence-corrected chi connectivity index (χ1v) is 3.83. The van der Waals surface area contributed by atoms with Crippen LogP contribution in [0, 0.1) is 0 Å². The van der Waals surface area contributed by atoms with E-state index in [4.69, 9.17) is 21.1 Å². The minimum atomic E-state index is -0.269. The van der Waals surface area contributed by atoms with E-state index in [0.29, 0.717) is 5.88 Å². The fourth-order valence-electron chi connectivity index (χ4n) is 0.538. The minimum absolute atomic E-state index is 0.269. The van der Waals surface area contributed by atoms with Gasteiger partial charge in [0.05, 0.1) is 0 Å². The first-order valence-electron chi connectivity index (χ1n) is 3.30. The van der Waals surface area contributed by atoms with Crippen molar-refractivity contribution in [2.24, 2.45) is 0 Å². The average Bonchev–Trinajstić information content (AvgIpc) is 2.05. The number of hydrogen-bond donors (Lipinski definition) is 0. The highest BCUT2D eigenvalue weighted by molar-refractivity contribution is 6.18. The van der Waals surface area contributed by atoms with Crippen LogP contribution in [0.4, 0.5) is 0 Å². The Hall–Kier alpha value is -0.310. The van der Waals surface area contributed by atoms with E-state index >= 15 is 0 Å². The molecule has 0 fully saturated rings. The Bertz CT molecular complexity index is 128. The maximum atomic E-state index is 5.40. The maximum absolute atomic E-state index is 5.40. The van der Waals surface area contributed by atoms with Crippen LogP contribution in [0.5, 0.6) is 0 Å². The highest BCUT2D eigenvalue weighted by Crippen LogP contribution is 1.92. The van der Waals surface area contributed by atoms with Crippen molar-refractivity contribution in [3.63, 3.8) is 0 Å². The second-order valence-corrected chi connectivity index (χ2v) is 2.12. The van der Waals surface area contributed by atoms with Crippen molar-refractivity contribution in [2.45, 2.75) is 6.29 Å². The maximum Gasteiger partial charge on any atom is 0.176 e. The lowest BCUT2D eigenvalue weighted by atomic mass is 10.4. The Morgan fingerprint density at radius 3 is 2.36 bits per heavy atom. The van der Waals surface area contributed by atoms with Crippen molar-refractivity contribution >= 4 is 11.6 Å². The van der Waals surface area contributed by atoms with Crippen LogP contribution in [0.15, 0.2) is 24.3 Å². The zero-order valence-electron chi connectivity index (χ0n) is 6.79. The summed E-state index contributed by atoms with van der Waals surface area (Å²) in [4.78, 5) is 0. The van der Waals surface area contributed by atoms with Crippen molar-refractivity contribution < 1.29 is 9.47 Å². The summed E-state index contributed by atoms with van der Waals surface area (Å²) in [7, 11) is 3.17. The van der Waals surface area contributed by atoms with Gasteiger partial charge in [0, 0.05) is 20.1 Å². The average molecular weight is 177 g/mol. The van der Waals surface area contributed by atoms with Crippen LogP contribution in [-0.2, 0) is 9.47 Å². The lowest BCUT2D eigenvalue weighted by Crippen LogP contribution is -2.08. The predicted octanol–water partition coefficient (Wildman–Crippen LogP) is 1.96. The number of rotatable bonds is 5. The van der Waals surface area contributed by atoms with Crippen LogP contribution in [0.25, 0.3) is 0 Å². The molecule has 0 radical (unpaired) electrons. The van der Waals surface area contributed by atoms with Crippen LogP contribution >= 0.6 is 11.6 Å². The molecule has 0 aromatic carbocycles. The quantitative estimate of drug-likeness (QED) is 0.362. The molecular weight excluding hydrogens is 164 g/mol. The third-order valence-electron chi connectivity index (χ3n) is 1.07. The van der Waals surface area contributed by atoms with Crippen molar-refractivity contribution in [3.05, 3.63) is 24.3 Å². The molecule has 0 spiro atoms. The molecule has 0 saturated carbocycles. The SMILES string of the molecule is COC(/C=C/C=C/CCl)OC. The molecule has 0 aromatic heterocycles. The van der Waals surface area contributed by atoms with Gasteiger partial charge in [0.2, 0.25) is 0 Å². The smallest absolute Gasteiger partial charge is 0.176 e. The Morgan fingerprint density at radius 2 is 1.91 bits per heavy atom. The molecule has 0 aliphatic rings. The fraction of sp³-hybridized carbons (Fsp3) is 0.500. The summed E-state index contributed by atoms with van der Waals surface area (Å²) in [6.07, 6.45) is 7.04. The van der Waals surface area contributed by atoms with E-state index in [1.165, 1.54) is 0 Å². The van der Waals surface area contributed by atoms with E-state index in [2.05, 4.69) is 0 Å². The molecule has 0 aromatic rings. The van der Waals surface area contributed by atoms with Crippen molar-refractivity contribution in [1.29, 1.82) is 0 Å². The summed E-state index contributed by atoms with van der Waals surface area (Å²) in [5.74, 6) is 0.523. The Morgan fingerprint density at radius 1 is 1.27 bits per heavy atom. The van der Waals surface area contributed by atoms with Gasteiger partial charge in [0.25, 0.3) is 0 Å². The Kier molecular flexibility index (Phi) is 7.57. The lowest BCUT2D eigenvalue weighted by Gasteiger charge is -2.05. The number of ether oxygens (including phenoxy) is 2. The fourth-order valence-corrected chi connectivity index (χ4v) is 0.641. The van der Waals surface area contributed by atoms with E-state index < -0.39 is 0 Å². The van der Waals surface area contributed by atoms with E-state index in [0.717, 1.165) is 0 Å². The summed E-state index contributed by atoms with van der Waals surface area (Å²) < 4.78 is 9.81. The van der Waals surface area contributed by atoms with Gasteiger partial charge >= 0.3 is 0 Å². The van der Waals surface area contributed by atoms with Crippen molar-refractivity contribution in [2.75, 3.05) is 20.1 Å². The Balaban J connectivity index is 3.61. The lowest BCUT2D eigenvalue weighted by molar-refractivity contribution is -0.0666. The van der Waals surface area contributed by atoms with Crippen LogP contribution in [-0.4, -0.2) is 26.4 Å². The third-order valence-corrected chi connectivity index (χ3v) is 1.25. The molecule has 0 aliphatic carbocycles. The first-order chi connectivity index (χ1) is 5.35. The molecule has 0 saturated heterocycles. The van der Waals surface area contributed by atoms with Crippen LogP contribution in [0.2, 0.25) is 0 Å². The van der Waals surface area contributed by atoms with Gasteiger partial charge < -0.3 is 9.47 Å². The molecule has 0 aliphatic heterocycles. The van der Waals surface area contributed by atoms with Gasteiger partial charge in [0.1, 0.15) is 0 Å². The first kappa shape index (κ1) is 10.7. The van der Waals surface area contributed by atoms with E-state index in [1.54, 1.807) is 20.3 Å². The second-order valence-electron chi connectivity index (χ2n) is 1.81. The number of halogens is 1. The molecule has 11 heavy (non-hydrogen) atoms. The molecule has 2 nitrogen and oxygen atoms in total. The highest BCUT2D eigenvalue weighted by Gasteiger charge is 1.94. The molecule has 0 N–H and O–H groups in total. The molecule has 0 rings (SSSR count). The monoisotopic (exact) mass is 176 g/mol. The van der Waals surface area contributed by atoms with Crippen LogP contribution in [0.1, 0.15) is 0 Å². The van der Waals surface area contributed by atoms with E-state index in [1.807, 2.05) is 18.2 Å². The van der Waals surface area contributed by atoms with Crippen LogP contribution in [0.3, 0.4) is 0 Å². The molecule has 64 valence electrons. The third kappa shape index (κ3) is 6.10. The zero-order chi connectivity index (χ0) is 8.53. The van der Waals surface area contributed by atoms with Gasteiger partial charge in [-0.1, -0.05) is 18.2 Å². The number of alkyl halides is 1. The molecule has 0 amide bonds. The number of methoxy groups -OCH3 is 2. The second kappa shape index (κ2) is 7.79. The standard InChI is InChI=1S/C8H13ClO2/c1-10-8(11-2)6-4-3-5-7-9/h3-6,8H,7H2,1-2H3/b5-3+,6-4+. The van der Waals surface area contributed by atoms with Gasteiger partial charge in [0.15, 0.2) is 6.29 Å². The molecular formula is C8H13ClO2. The zero-order valence-corrected chi connectivity index (χ0v) is 7.54. The predicted molar refractivity (Wildman–Crippen MR) is 46.8 cm³/mol. The largest absolute Gasteiger partial charge is 0.352 e. The summed E-state index contributed by atoms with van der Waals surface area (Å²) in [6.45, 7) is 0. The van der Waals surface area contributed by atoms with Crippen LogP contribution < -0.4 is 0 Å². The van der Waals surface area contributed by atoms with Gasteiger partial charge in [-0.05, 0) is 6.08 Å².